The predicted molar refractivity (Wildman–Crippen MR) is 52.4 cm³/mol. The van der Waals surface area contributed by atoms with E-state index in [1.165, 1.54) is 22.2 Å². The fourth-order valence-corrected chi connectivity index (χ4v) is 1.87. The molecule has 1 aromatic heterocycles. The van der Waals surface area contributed by atoms with E-state index in [1.807, 2.05) is 0 Å². The average molecular weight is 224 g/mol. The highest BCUT2D eigenvalue weighted by molar-refractivity contribution is 5.84. The minimum Gasteiger partial charge on any atom is -0.480 e. The molecule has 16 heavy (non-hydrogen) atoms. The molecule has 0 bridgehead atoms. The first-order valence-corrected chi connectivity index (χ1v) is 5.03. The van der Waals surface area contributed by atoms with Gasteiger partial charge in [0.05, 0.1) is 0 Å². The highest BCUT2D eigenvalue weighted by Gasteiger charge is 2.33. The highest BCUT2D eigenvalue weighted by atomic mass is 16.4. The molecule has 86 valence electrons. The average Bonchev–Trinajstić information content (AvgIpc) is 2.86. The summed E-state index contributed by atoms with van der Waals surface area (Å²) in [7, 11) is 0. The van der Waals surface area contributed by atoms with Crippen LogP contribution in [0.4, 0.5) is 0 Å². The van der Waals surface area contributed by atoms with E-state index in [1.54, 1.807) is 0 Å². The van der Waals surface area contributed by atoms with Gasteiger partial charge in [-0.3, -0.25) is 4.79 Å². The second-order valence-corrected chi connectivity index (χ2v) is 3.68. The zero-order valence-corrected chi connectivity index (χ0v) is 8.61. The summed E-state index contributed by atoms with van der Waals surface area (Å²) in [5.41, 5.74) is 0. The summed E-state index contributed by atoms with van der Waals surface area (Å²) >= 11 is 0. The van der Waals surface area contributed by atoms with Gasteiger partial charge in [-0.1, -0.05) is 0 Å². The topological polar surface area (TPSA) is 88.3 Å². The molecule has 1 N–H and O–H groups in total. The summed E-state index contributed by atoms with van der Waals surface area (Å²) in [6.07, 6.45) is 4.04. The van der Waals surface area contributed by atoms with Crippen molar-refractivity contribution in [3.63, 3.8) is 0 Å². The SMILES string of the molecule is O=C(O)[C@H]1CCCN1C(=O)Cn1cncn1. The first-order valence-electron chi connectivity index (χ1n) is 5.03. The van der Waals surface area contributed by atoms with Gasteiger partial charge >= 0.3 is 5.97 Å². The van der Waals surface area contributed by atoms with E-state index >= 15 is 0 Å². The van der Waals surface area contributed by atoms with Crippen molar-refractivity contribution in [2.75, 3.05) is 6.54 Å². The van der Waals surface area contributed by atoms with Crippen molar-refractivity contribution in [1.82, 2.24) is 19.7 Å². The van der Waals surface area contributed by atoms with E-state index in [4.69, 9.17) is 5.11 Å². The summed E-state index contributed by atoms with van der Waals surface area (Å²) in [5.74, 6) is -1.17. The Morgan fingerprint density at radius 3 is 2.94 bits per heavy atom. The molecule has 1 amide bonds. The van der Waals surface area contributed by atoms with E-state index in [0.29, 0.717) is 13.0 Å². The van der Waals surface area contributed by atoms with Crippen molar-refractivity contribution in [1.29, 1.82) is 0 Å². The van der Waals surface area contributed by atoms with Gasteiger partial charge in [0.15, 0.2) is 0 Å². The molecule has 1 aliphatic rings. The summed E-state index contributed by atoms with van der Waals surface area (Å²) in [6.45, 7) is 0.550. The number of aliphatic carboxylic acids is 1. The maximum Gasteiger partial charge on any atom is 0.326 e. The third-order valence-corrected chi connectivity index (χ3v) is 2.62. The van der Waals surface area contributed by atoms with Crippen LogP contribution >= 0.6 is 0 Å². The van der Waals surface area contributed by atoms with Gasteiger partial charge < -0.3 is 10.0 Å². The van der Waals surface area contributed by atoms with Crippen LogP contribution in [0.5, 0.6) is 0 Å². The van der Waals surface area contributed by atoms with E-state index in [-0.39, 0.29) is 12.5 Å². The summed E-state index contributed by atoms with van der Waals surface area (Å²) in [4.78, 5) is 27.8. The van der Waals surface area contributed by atoms with Crippen LogP contribution in [-0.4, -0.2) is 49.2 Å². The molecule has 7 heteroatoms. The number of amides is 1. The van der Waals surface area contributed by atoms with Crippen molar-refractivity contribution < 1.29 is 14.7 Å². The molecule has 1 aromatic rings. The minimum atomic E-state index is -0.940. The first kappa shape index (κ1) is 10.6. The predicted octanol–water partition coefficient (Wildman–Crippen LogP) is -0.646. The van der Waals surface area contributed by atoms with Crippen molar-refractivity contribution in [2.24, 2.45) is 0 Å². The molecule has 1 atom stereocenters. The van der Waals surface area contributed by atoms with Gasteiger partial charge in [-0.2, -0.15) is 5.10 Å². The molecule has 1 aliphatic heterocycles. The van der Waals surface area contributed by atoms with Crippen LogP contribution in [0.2, 0.25) is 0 Å². The summed E-state index contributed by atoms with van der Waals surface area (Å²) in [5, 5.41) is 12.7. The number of rotatable bonds is 3. The van der Waals surface area contributed by atoms with Crippen LogP contribution in [0.3, 0.4) is 0 Å². The lowest BCUT2D eigenvalue weighted by atomic mass is 10.2. The van der Waals surface area contributed by atoms with E-state index in [0.717, 1.165) is 6.42 Å². The van der Waals surface area contributed by atoms with Crippen LogP contribution in [0.1, 0.15) is 12.8 Å². The third-order valence-electron chi connectivity index (χ3n) is 2.62. The van der Waals surface area contributed by atoms with Crippen LogP contribution in [0, 0.1) is 0 Å². The minimum absolute atomic E-state index is 0.0454. The second-order valence-electron chi connectivity index (χ2n) is 3.68. The second kappa shape index (κ2) is 4.30. The molecule has 0 saturated carbocycles. The van der Waals surface area contributed by atoms with E-state index in [9.17, 15) is 9.59 Å². The van der Waals surface area contributed by atoms with Crippen LogP contribution in [0.15, 0.2) is 12.7 Å². The maximum atomic E-state index is 11.8. The molecular formula is C9H12N4O3. The molecule has 7 nitrogen and oxygen atoms in total. The third kappa shape index (κ3) is 2.02. The van der Waals surface area contributed by atoms with Gasteiger partial charge in [0, 0.05) is 6.54 Å². The fourth-order valence-electron chi connectivity index (χ4n) is 1.87. The Morgan fingerprint density at radius 1 is 1.50 bits per heavy atom. The molecule has 2 heterocycles. The number of nitrogens with zero attached hydrogens (tertiary/aromatic N) is 4. The Hall–Kier alpha value is -1.92. The number of carbonyl (C=O) groups is 2. The van der Waals surface area contributed by atoms with Crippen molar-refractivity contribution in [3.8, 4) is 0 Å². The van der Waals surface area contributed by atoms with Gasteiger partial charge in [0.1, 0.15) is 25.2 Å². The largest absolute Gasteiger partial charge is 0.480 e. The van der Waals surface area contributed by atoms with Gasteiger partial charge in [0.25, 0.3) is 0 Å². The summed E-state index contributed by atoms with van der Waals surface area (Å²) < 4.78 is 1.39. The fraction of sp³-hybridized carbons (Fsp3) is 0.556. The molecule has 0 aromatic carbocycles. The normalized spacial score (nSPS) is 20.0. The monoisotopic (exact) mass is 224 g/mol. The number of carboxylic acid groups (broad SMARTS) is 1. The van der Waals surface area contributed by atoms with Crippen LogP contribution in [0.25, 0.3) is 0 Å². The molecule has 0 spiro atoms. The Balaban J connectivity index is 2.01. The van der Waals surface area contributed by atoms with E-state index in [2.05, 4.69) is 10.1 Å². The van der Waals surface area contributed by atoms with Gasteiger partial charge in [-0.05, 0) is 12.8 Å². The lowest BCUT2D eigenvalue weighted by Gasteiger charge is -2.21. The Morgan fingerprint density at radius 2 is 2.31 bits per heavy atom. The zero-order chi connectivity index (χ0) is 11.5. The quantitative estimate of drug-likeness (QED) is 0.737. The van der Waals surface area contributed by atoms with Crippen LogP contribution in [-0.2, 0) is 16.1 Å². The molecule has 0 aliphatic carbocycles. The number of likely N-dealkylation sites (tertiary alicyclic amines) is 1. The van der Waals surface area contributed by atoms with Crippen molar-refractivity contribution in [2.45, 2.75) is 25.4 Å². The number of aromatic nitrogens is 3. The number of hydrogen-bond donors (Lipinski definition) is 1. The Kier molecular flexibility index (Phi) is 2.84. The van der Waals surface area contributed by atoms with E-state index < -0.39 is 12.0 Å². The molecule has 2 rings (SSSR count). The smallest absolute Gasteiger partial charge is 0.326 e. The molecule has 0 radical (unpaired) electrons. The van der Waals surface area contributed by atoms with Crippen LogP contribution < -0.4 is 0 Å². The molecule has 1 saturated heterocycles. The zero-order valence-electron chi connectivity index (χ0n) is 8.61. The highest BCUT2D eigenvalue weighted by Crippen LogP contribution is 2.17. The van der Waals surface area contributed by atoms with Gasteiger partial charge in [-0.15, -0.1) is 0 Å². The number of carbonyl (C=O) groups excluding carboxylic acids is 1. The van der Waals surface area contributed by atoms with Gasteiger partial charge in [0.2, 0.25) is 5.91 Å². The van der Waals surface area contributed by atoms with Crippen molar-refractivity contribution in [3.05, 3.63) is 12.7 Å². The lowest BCUT2D eigenvalue weighted by molar-refractivity contribution is -0.148. The number of hydrogen-bond acceptors (Lipinski definition) is 4. The molecule has 1 fully saturated rings. The van der Waals surface area contributed by atoms with Gasteiger partial charge in [-0.25, -0.2) is 14.5 Å². The Labute approximate surface area is 91.7 Å². The standard InChI is InChI=1S/C9H12N4O3/c14-8(4-12-6-10-5-11-12)13-3-1-2-7(13)9(15)16/h5-7H,1-4H2,(H,15,16)/t7-/m1/s1. The lowest BCUT2D eigenvalue weighted by Crippen LogP contribution is -2.42. The maximum absolute atomic E-state index is 11.8. The molecule has 0 unspecified atom stereocenters. The molecular weight excluding hydrogens is 212 g/mol. The summed E-state index contributed by atoms with van der Waals surface area (Å²) in [6, 6.07) is -0.684. The first-order chi connectivity index (χ1) is 7.68. The van der Waals surface area contributed by atoms with Crippen molar-refractivity contribution >= 4 is 11.9 Å². The Bertz CT molecular complexity index is 389. The number of carboxylic acids is 1.